The molecule has 0 radical (unpaired) electrons. The number of aryl methyl sites for hydroxylation is 1. The summed E-state index contributed by atoms with van der Waals surface area (Å²) in [6, 6.07) is 7.08. The van der Waals surface area contributed by atoms with Crippen molar-refractivity contribution >= 4 is 0 Å². The van der Waals surface area contributed by atoms with Crippen molar-refractivity contribution in [2.45, 2.75) is 57.9 Å². The van der Waals surface area contributed by atoms with Gasteiger partial charge in [-0.15, -0.1) is 0 Å². The molecule has 1 unspecified atom stereocenters. The second kappa shape index (κ2) is 7.68. The molecule has 112 valence electrons. The van der Waals surface area contributed by atoms with Crippen LogP contribution in [0.5, 0.6) is 5.75 Å². The molecule has 2 nitrogen and oxygen atoms in total. The average Bonchev–Trinajstić information content (AvgIpc) is 2.74. The molecule has 1 aliphatic carbocycles. The standard InChI is InChI=1S/C18H29NO/c1-14-10-11-18(20-3)16(12-14)13-17(19-2)15-8-6-4-5-7-9-15/h10-12,15,17,19H,4-9,13H2,1-3H3. The Balaban J connectivity index is 2.10. The highest BCUT2D eigenvalue weighted by Crippen LogP contribution is 2.29. The lowest BCUT2D eigenvalue weighted by Crippen LogP contribution is -2.35. The van der Waals surface area contributed by atoms with E-state index in [2.05, 4.69) is 37.5 Å². The third-order valence-corrected chi connectivity index (χ3v) is 4.72. The number of hydrogen-bond acceptors (Lipinski definition) is 2. The average molecular weight is 275 g/mol. The minimum atomic E-state index is 0.573. The van der Waals surface area contributed by atoms with Crippen LogP contribution in [0.3, 0.4) is 0 Å². The topological polar surface area (TPSA) is 21.3 Å². The van der Waals surface area contributed by atoms with E-state index in [9.17, 15) is 0 Å². The third kappa shape index (κ3) is 3.99. The summed E-state index contributed by atoms with van der Waals surface area (Å²) in [7, 11) is 3.88. The van der Waals surface area contributed by atoms with Gasteiger partial charge in [0.15, 0.2) is 0 Å². The summed E-state index contributed by atoms with van der Waals surface area (Å²) in [6.45, 7) is 2.16. The SMILES string of the molecule is CNC(Cc1cc(C)ccc1OC)C1CCCCCC1. The van der Waals surface area contributed by atoms with Gasteiger partial charge in [-0.1, -0.05) is 43.4 Å². The van der Waals surface area contributed by atoms with Crippen LogP contribution in [-0.4, -0.2) is 20.2 Å². The van der Waals surface area contributed by atoms with E-state index in [1.54, 1.807) is 7.11 Å². The molecule has 1 aliphatic rings. The molecular formula is C18H29NO. The molecule has 1 aromatic rings. The first-order chi connectivity index (χ1) is 9.74. The number of benzene rings is 1. The summed E-state index contributed by atoms with van der Waals surface area (Å²) in [5.41, 5.74) is 2.66. The second-order valence-corrected chi connectivity index (χ2v) is 6.17. The number of hydrogen-bond donors (Lipinski definition) is 1. The summed E-state index contributed by atoms with van der Waals surface area (Å²) < 4.78 is 5.53. The van der Waals surface area contributed by atoms with Crippen molar-refractivity contribution in [3.05, 3.63) is 29.3 Å². The minimum absolute atomic E-state index is 0.573. The maximum Gasteiger partial charge on any atom is 0.122 e. The molecule has 1 fully saturated rings. The summed E-state index contributed by atoms with van der Waals surface area (Å²) in [5.74, 6) is 1.84. The van der Waals surface area contributed by atoms with Crippen LogP contribution in [0.4, 0.5) is 0 Å². The lowest BCUT2D eigenvalue weighted by Gasteiger charge is -2.26. The normalized spacial score (nSPS) is 18.6. The summed E-state index contributed by atoms with van der Waals surface area (Å²) in [6.07, 6.45) is 9.45. The molecule has 1 aromatic carbocycles. The maximum absolute atomic E-state index is 5.53. The Hall–Kier alpha value is -1.02. The van der Waals surface area contributed by atoms with Crippen LogP contribution in [-0.2, 0) is 6.42 Å². The van der Waals surface area contributed by atoms with E-state index >= 15 is 0 Å². The first-order valence-corrected chi connectivity index (χ1v) is 8.05. The van der Waals surface area contributed by atoms with E-state index in [1.165, 1.54) is 49.7 Å². The monoisotopic (exact) mass is 275 g/mol. The summed E-state index contributed by atoms with van der Waals surface area (Å²) >= 11 is 0. The van der Waals surface area contributed by atoms with Crippen molar-refractivity contribution in [1.82, 2.24) is 5.32 Å². The Morgan fingerprint density at radius 1 is 1.20 bits per heavy atom. The summed E-state index contributed by atoms with van der Waals surface area (Å²) in [5, 5.41) is 3.56. The molecule has 0 aromatic heterocycles. The lowest BCUT2D eigenvalue weighted by molar-refractivity contribution is 0.327. The maximum atomic E-state index is 5.53. The highest BCUT2D eigenvalue weighted by Gasteiger charge is 2.22. The second-order valence-electron chi connectivity index (χ2n) is 6.17. The quantitative estimate of drug-likeness (QED) is 0.817. The zero-order chi connectivity index (χ0) is 14.4. The van der Waals surface area contributed by atoms with Crippen LogP contribution < -0.4 is 10.1 Å². The molecule has 0 bridgehead atoms. The molecule has 0 spiro atoms. The van der Waals surface area contributed by atoms with E-state index in [-0.39, 0.29) is 0 Å². The first kappa shape index (κ1) is 15.4. The van der Waals surface area contributed by atoms with Gasteiger partial charge in [0, 0.05) is 6.04 Å². The van der Waals surface area contributed by atoms with E-state index in [4.69, 9.17) is 4.74 Å². The third-order valence-electron chi connectivity index (χ3n) is 4.72. The van der Waals surface area contributed by atoms with Crippen molar-refractivity contribution in [3.8, 4) is 5.75 Å². The van der Waals surface area contributed by atoms with Crippen LogP contribution in [0.15, 0.2) is 18.2 Å². The summed E-state index contributed by atoms with van der Waals surface area (Å²) in [4.78, 5) is 0. The van der Waals surface area contributed by atoms with Crippen molar-refractivity contribution in [1.29, 1.82) is 0 Å². The molecule has 0 aliphatic heterocycles. The fourth-order valence-corrected chi connectivity index (χ4v) is 3.52. The van der Waals surface area contributed by atoms with Gasteiger partial charge in [0.05, 0.1) is 7.11 Å². The van der Waals surface area contributed by atoms with Gasteiger partial charge in [0.1, 0.15) is 5.75 Å². The van der Waals surface area contributed by atoms with Crippen LogP contribution in [0.1, 0.15) is 49.7 Å². The molecule has 1 atom stereocenters. The van der Waals surface area contributed by atoms with Crippen LogP contribution in [0.2, 0.25) is 0 Å². The molecule has 2 heteroatoms. The zero-order valence-electron chi connectivity index (χ0n) is 13.2. The Morgan fingerprint density at radius 2 is 1.90 bits per heavy atom. The Morgan fingerprint density at radius 3 is 2.50 bits per heavy atom. The minimum Gasteiger partial charge on any atom is -0.496 e. The Kier molecular flexibility index (Phi) is 5.90. The van der Waals surface area contributed by atoms with Gasteiger partial charge < -0.3 is 10.1 Å². The predicted octanol–water partition coefficient (Wildman–Crippen LogP) is 4.10. The van der Waals surface area contributed by atoms with Gasteiger partial charge in [0.2, 0.25) is 0 Å². The molecule has 1 N–H and O–H groups in total. The number of ether oxygens (including phenoxy) is 1. The molecule has 0 heterocycles. The number of methoxy groups -OCH3 is 1. The van der Waals surface area contributed by atoms with Crippen molar-refractivity contribution < 1.29 is 4.74 Å². The van der Waals surface area contributed by atoms with Gasteiger partial charge in [-0.2, -0.15) is 0 Å². The van der Waals surface area contributed by atoms with E-state index in [1.807, 2.05) is 0 Å². The van der Waals surface area contributed by atoms with E-state index in [0.29, 0.717) is 6.04 Å². The van der Waals surface area contributed by atoms with Crippen molar-refractivity contribution in [2.75, 3.05) is 14.2 Å². The molecular weight excluding hydrogens is 246 g/mol. The number of rotatable bonds is 5. The number of nitrogens with one attached hydrogen (secondary N) is 1. The first-order valence-electron chi connectivity index (χ1n) is 8.05. The lowest BCUT2D eigenvalue weighted by atomic mass is 9.87. The molecule has 0 amide bonds. The van der Waals surface area contributed by atoms with Crippen LogP contribution in [0.25, 0.3) is 0 Å². The van der Waals surface area contributed by atoms with Crippen LogP contribution in [0, 0.1) is 12.8 Å². The van der Waals surface area contributed by atoms with Gasteiger partial charge >= 0.3 is 0 Å². The molecule has 20 heavy (non-hydrogen) atoms. The highest BCUT2D eigenvalue weighted by atomic mass is 16.5. The largest absolute Gasteiger partial charge is 0.496 e. The molecule has 2 rings (SSSR count). The van der Waals surface area contributed by atoms with Gasteiger partial charge in [-0.25, -0.2) is 0 Å². The fourth-order valence-electron chi connectivity index (χ4n) is 3.52. The molecule has 1 saturated carbocycles. The smallest absolute Gasteiger partial charge is 0.122 e. The van der Waals surface area contributed by atoms with Crippen molar-refractivity contribution in [3.63, 3.8) is 0 Å². The van der Waals surface area contributed by atoms with Crippen molar-refractivity contribution in [2.24, 2.45) is 5.92 Å². The number of likely N-dealkylation sites (N-methyl/N-ethyl adjacent to an activating group) is 1. The van der Waals surface area contributed by atoms with Gasteiger partial charge in [0.25, 0.3) is 0 Å². The van der Waals surface area contributed by atoms with Gasteiger partial charge in [-0.05, 0) is 50.8 Å². The molecule has 0 saturated heterocycles. The van der Waals surface area contributed by atoms with Gasteiger partial charge in [-0.3, -0.25) is 0 Å². The zero-order valence-corrected chi connectivity index (χ0v) is 13.2. The Bertz CT molecular complexity index is 408. The Labute approximate surface area is 123 Å². The fraction of sp³-hybridized carbons (Fsp3) is 0.667. The van der Waals surface area contributed by atoms with Crippen LogP contribution >= 0.6 is 0 Å². The van der Waals surface area contributed by atoms with E-state index < -0.39 is 0 Å². The highest BCUT2D eigenvalue weighted by molar-refractivity contribution is 5.37. The predicted molar refractivity (Wildman–Crippen MR) is 85.5 cm³/mol. The van der Waals surface area contributed by atoms with E-state index in [0.717, 1.165) is 18.1 Å².